The van der Waals surface area contributed by atoms with Gasteiger partial charge in [0.25, 0.3) is 5.91 Å². The van der Waals surface area contributed by atoms with Gasteiger partial charge in [0.2, 0.25) is 5.95 Å². The lowest BCUT2D eigenvalue weighted by molar-refractivity contribution is -0.137. The van der Waals surface area contributed by atoms with Gasteiger partial charge in [0.05, 0.1) is 5.56 Å². The number of para-hydroxylation sites is 1. The maximum Gasteiger partial charge on any atom is 0.416 e. The van der Waals surface area contributed by atoms with Gasteiger partial charge in [-0.15, -0.1) is 0 Å². The van der Waals surface area contributed by atoms with Crippen LogP contribution in [0.3, 0.4) is 0 Å². The lowest BCUT2D eigenvalue weighted by atomic mass is 10.2. The minimum atomic E-state index is -4.43. The summed E-state index contributed by atoms with van der Waals surface area (Å²) in [5, 5.41) is 5.54. The number of carbonyl (C=O) groups excluding carboxylic acids is 1. The molecule has 2 aromatic carbocycles. The van der Waals surface area contributed by atoms with Gasteiger partial charge in [0, 0.05) is 17.6 Å². The number of halogens is 3. The van der Waals surface area contributed by atoms with Gasteiger partial charge < -0.3 is 10.6 Å². The number of nitrogens with one attached hydrogen (secondary N) is 2. The SMILES string of the molecule is Cc1ccccc1Nc1nccc(C(=O)Nc2ccc(C(F)(F)F)cc2)n1. The first kappa shape index (κ1) is 18.4. The normalized spacial score (nSPS) is 11.1. The summed E-state index contributed by atoms with van der Waals surface area (Å²) in [5.74, 6) is -0.311. The maximum absolute atomic E-state index is 12.6. The number of aromatic nitrogens is 2. The van der Waals surface area contributed by atoms with Crippen LogP contribution in [0.15, 0.2) is 60.8 Å². The Hall–Kier alpha value is -3.42. The van der Waals surface area contributed by atoms with Crippen LogP contribution in [-0.2, 0) is 6.18 Å². The second kappa shape index (κ2) is 7.45. The first-order valence-corrected chi connectivity index (χ1v) is 7.97. The molecular formula is C19H15F3N4O. The van der Waals surface area contributed by atoms with E-state index in [9.17, 15) is 18.0 Å². The Bertz CT molecular complexity index is 956. The highest BCUT2D eigenvalue weighted by Gasteiger charge is 2.30. The number of alkyl halides is 3. The monoisotopic (exact) mass is 372 g/mol. The zero-order valence-corrected chi connectivity index (χ0v) is 14.2. The third kappa shape index (κ3) is 4.60. The predicted octanol–water partition coefficient (Wildman–Crippen LogP) is 4.80. The van der Waals surface area contributed by atoms with E-state index < -0.39 is 17.6 Å². The summed E-state index contributed by atoms with van der Waals surface area (Å²) in [6, 6.07) is 13.1. The smallest absolute Gasteiger partial charge is 0.324 e. The Labute approximate surface area is 153 Å². The molecule has 138 valence electrons. The number of carbonyl (C=O) groups is 1. The van der Waals surface area contributed by atoms with Gasteiger partial charge in [0.15, 0.2) is 0 Å². The number of amides is 1. The third-order valence-corrected chi connectivity index (χ3v) is 3.75. The molecule has 2 N–H and O–H groups in total. The molecule has 0 bridgehead atoms. The summed E-state index contributed by atoms with van der Waals surface area (Å²) in [7, 11) is 0. The van der Waals surface area contributed by atoms with E-state index in [1.54, 1.807) is 0 Å². The molecule has 0 aliphatic carbocycles. The van der Waals surface area contributed by atoms with Crippen LogP contribution in [0, 0.1) is 6.92 Å². The van der Waals surface area contributed by atoms with Crippen LogP contribution < -0.4 is 10.6 Å². The van der Waals surface area contributed by atoms with E-state index in [1.807, 2.05) is 31.2 Å². The van der Waals surface area contributed by atoms with Crippen LogP contribution in [0.4, 0.5) is 30.5 Å². The topological polar surface area (TPSA) is 66.9 Å². The van der Waals surface area contributed by atoms with Crippen molar-refractivity contribution in [2.24, 2.45) is 0 Å². The number of benzene rings is 2. The second-order valence-electron chi connectivity index (χ2n) is 5.73. The molecule has 0 aliphatic heterocycles. The number of rotatable bonds is 4. The molecule has 0 atom stereocenters. The molecule has 0 radical (unpaired) electrons. The van der Waals surface area contributed by atoms with Crippen LogP contribution in [0.2, 0.25) is 0 Å². The fourth-order valence-corrected chi connectivity index (χ4v) is 2.32. The zero-order valence-electron chi connectivity index (χ0n) is 14.2. The maximum atomic E-state index is 12.6. The molecule has 1 aromatic heterocycles. The molecule has 0 fully saturated rings. The van der Waals surface area contributed by atoms with Crippen molar-refractivity contribution in [1.82, 2.24) is 9.97 Å². The number of hydrogen-bond acceptors (Lipinski definition) is 4. The number of anilines is 3. The van der Waals surface area contributed by atoms with Gasteiger partial charge in [-0.1, -0.05) is 18.2 Å². The van der Waals surface area contributed by atoms with Gasteiger partial charge in [-0.2, -0.15) is 13.2 Å². The lowest BCUT2D eigenvalue weighted by Crippen LogP contribution is -2.15. The van der Waals surface area contributed by atoms with Crippen molar-refractivity contribution in [3.05, 3.63) is 77.6 Å². The van der Waals surface area contributed by atoms with Crippen molar-refractivity contribution in [1.29, 1.82) is 0 Å². The average Bonchev–Trinajstić information content (AvgIpc) is 2.63. The number of aryl methyl sites for hydroxylation is 1. The van der Waals surface area contributed by atoms with Crippen LogP contribution in [0.5, 0.6) is 0 Å². The van der Waals surface area contributed by atoms with E-state index in [-0.39, 0.29) is 17.3 Å². The summed E-state index contributed by atoms with van der Waals surface area (Å²) >= 11 is 0. The Morgan fingerprint density at radius 2 is 1.70 bits per heavy atom. The molecule has 0 saturated carbocycles. The van der Waals surface area contributed by atoms with Crippen molar-refractivity contribution in [2.75, 3.05) is 10.6 Å². The van der Waals surface area contributed by atoms with E-state index in [0.717, 1.165) is 23.4 Å². The molecule has 1 heterocycles. The quantitative estimate of drug-likeness (QED) is 0.690. The van der Waals surface area contributed by atoms with Crippen LogP contribution in [-0.4, -0.2) is 15.9 Å². The van der Waals surface area contributed by atoms with Gasteiger partial charge >= 0.3 is 6.18 Å². The highest BCUT2D eigenvalue weighted by molar-refractivity contribution is 6.03. The third-order valence-electron chi connectivity index (χ3n) is 3.75. The summed E-state index contributed by atoms with van der Waals surface area (Å²) in [6.45, 7) is 1.92. The van der Waals surface area contributed by atoms with Gasteiger partial charge in [-0.05, 0) is 48.9 Å². The van der Waals surface area contributed by atoms with Crippen molar-refractivity contribution in [2.45, 2.75) is 13.1 Å². The fraction of sp³-hybridized carbons (Fsp3) is 0.105. The van der Waals surface area contributed by atoms with Crippen molar-refractivity contribution in [3.63, 3.8) is 0 Å². The van der Waals surface area contributed by atoms with E-state index >= 15 is 0 Å². The van der Waals surface area contributed by atoms with E-state index in [2.05, 4.69) is 20.6 Å². The minimum Gasteiger partial charge on any atom is -0.324 e. The van der Waals surface area contributed by atoms with Crippen molar-refractivity contribution in [3.8, 4) is 0 Å². The number of hydrogen-bond donors (Lipinski definition) is 2. The summed E-state index contributed by atoms with van der Waals surface area (Å²) in [5.41, 5.74) is 1.33. The Morgan fingerprint density at radius 3 is 2.37 bits per heavy atom. The Kier molecular flexibility index (Phi) is 5.07. The lowest BCUT2D eigenvalue weighted by Gasteiger charge is -2.10. The summed E-state index contributed by atoms with van der Waals surface area (Å²) in [6.07, 6.45) is -3.00. The molecular weight excluding hydrogens is 357 g/mol. The molecule has 27 heavy (non-hydrogen) atoms. The molecule has 1 amide bonds. The van der Waals surface area contributed by atoms with Gasteiger partial charge in [-0.25, -0.2) is 9.97 Å². The van der Waals surface area contributed by atoms with Crippen molar-refractivity contribution < 1.29 is 18.0 Å². The molecule has 5 nitrogen and oxygen atoms in total. The fourth-order valence-electron chi connectivity index (χ4n) is 2.32. The molecule has 0 spiro atoms. The van der Waals surface area contributed by atoms with Crippen LogP contribution in [0.1, 0.15) is 21.6 Å². The Morgan fingerprint density at radius 1 is 1.00 bits per heavy atom. The van der Waals surface area contributed by atoms with Crippen molar-refractivity contribution >= 4 is 23.2 Å². The first-order chi connectivity index (χ1) is 12.8. The molecule has 0 saturated heterocycles. The number of nitrogens with zero attached hydrogens (tertiary/aromatic N) is 2. The highest BCUT2D eigenvalue weighted by Crippen LogP contribution is 2.29. The predicted molar refractivity (Wildman–Crippen MR) is 95.9 cm³/mol. The second-order valence-corrected chi connectivity index (χ2v) is 5.73. The average molecular weight is 372 g/mol. The van der Waals surface area contributed by atoms with E-state index in [0.29, 0.717) is 0 Å². The molecule has 0 unspecified atom stereocenters. The summed E-state index contributed by atoms with van der Waals surface area (Å²) in [4.78, 5) is 20.5. The van der Waals surface area contributed by atoms with Gasteiger partial charge in [-0.3, -0.25) is 4.79 Å². The molecule has 8 heteroatoms. The van der Waals surface area contributed by atoms with E-state index in [1.165, 1.54) is 24.4 Å². The zero-order chi connectivity index (χ0) is 19.4. The minimum absolute atomic E-state index is 0.0842. The standard InChI is InChI=1S/C19H15F3N4O/c1-12-4-2-3-5-15(12)25-18-23-11-10-16(26-18)17(27)24-14-8-6-13(7-9-14)19(20,21)22/h2-11H,1H3,(H,24,27)(H,23,25,26). The van der Waals surface area contributed by atoms with Crippen LogP contribution >= 0.6 is 0 Å². The van der Waals surface area contributed by atoms with Gasteiger partial charge in [0.1, 0.15) is 5.69 Å². The molecule has 3 aromatic rings. The molecule has 0 aliphatic rings. The Balaban J connectivity index is 1.73. The summed E-state index contributed by atoms with van der Waals surface area (Å²) < 4.78 is 37.8. The first-order valence-electron chi connectivity index (χ1n) is 7.97. The van der Waals surface area contributed by atoms with E-state index in [4.69, 9.17) is 0 Å². The van der Waals surface area contributed by atoms with Crippen LogP contribution in [0.25, 0.3) is 0 Å². The largest absolute Gasteiger partial charge is 0.416 e. The molecule has 3 rings (SSSR count). The highest BCUT2D eigenvalue weighted by atomic mass is 19.4.